The number of nitrogens with one attached hydrogen (secondary N) is 1. The number of urea groups is 1. The Hall–Kier alpha value is -2.35. The van der Waals surface area contributed by atoms with Crippen LogP contribution in [0.2, 0.25) is 0 Å². The highest BCUT2D eigenvalue weighted by Gasteiger charge is 2.09. The quantitative estimate of drug-likeness (QED) is 0.635. The highest BCUT2D eigenvalue weighted by molar-refractivity contribution is 7.16. The molecule has 7 nitrogen and oxygen atoms in total. The van der Waals surface area contributed by atoms with Crippen molar-refractivity contribution in [2.75, 3.05) is 7.11 Å². The van der Waals surface area contributed by atoms with Gasteiger partial charge in [0.25, 0.3) is 0 Å². The van der Waals surface area contributed by atoms with Gasteiger partial charge in [-0.1, -0.05) is 11.3 Å². The number of ether oxygens (including phenoxy) is 1. The summed E-state index contributed by atoms with van der Waals surface area (Å²) in [4.78, 5) is 21.2. The number of nitrogens with zero attached hydrogens (tertiary/aromatic N) is 1. The normalized spacial score (nSPS) is 10.9. The van der Waals surface area contributed by atoms with Gasteiger partial charge in [0, 0.05) is 0 Å². The number of primary amides is 1. The van der Waals surface area contributed by atoms with Crippen LogP contribution in [-0.2, 0) is 0 Å². The molecule has 0 saturated carbocycles. The second-order valence-corrected chi connectivity index (χ2v) is 4.22. The Morgan fingerprint density at radius 1 is 1.61 bits per heavy atom. The minimum absolute atomic E-state index is 0.396. The monoisotopic (exact) mass is 267 g/mol. The number of amides is 2. The van der Waals surface area contributed by atoms with Crippen molar-refractivity contribution in [2.24, 2.45) is 10.8 Å². The molecule has 2 amide bonds. The molecule has 1 heterocycles. The Labute approximate surface area is 105 Å². The maximum Gasteiger partial charge on any atom is 0.396 e. The molecule has 8 heteroatoms. The summed E-state index contributed by atoms with van der Waals surface area (Å²) in [6, 6.07) is 2.57. The van der Waals surface area contributed by atoms with Crippen molar-refractivity contribution in [2.45, 2.75) is 0 Å². The van der Waals surface area contributed by atoms with Crippen molar-refractivity contribution in [1.82, 2.24) is 5.43 Å². The van der Waals surface area contributed by atoms with E-state index in [0.717, 1.165) is 11.3 Å². The molecule has 0 unspecified atom stereocenters. The van der Waals surface area contributed by atoms with Crippen molar-refractivity contribution in [3.8, 4) is 5.75 Å². The number of carbonyl (C=O) groups is 1. The Kier molecular flexibility index (Phi) is 3.28. The first-order valence-corrected chi connectivity index (χ1v) is 5.62. The highest BCUT2D eigenvalue weighted by Crippen LogP contribution is 2.28. The van der Waals surface area contributed by atoms with Crippen LogP contribution < -0.4 is 20.8 Å². The zero-order valence-corrected chi connectivity index (χ0v) is 10.1. The molecule has 0 spiro atoms. The lowest BCUT2D eigenvalue weighted by Gasteiger charge is -2.01. The molecule has 2 aromatic rings. The van der Waals surface area contributed by atoms with Crippen molar-refractivity contribution in [1.29, 1.82) is 0 Å². The van der Waals surface area contributed by atoms with E-state index in [1.807, 2.05) is 0 Å². The first kappa shape index (κ1) is 12.1. The smallest absolute Gasteiger partial charge is 0.396 e. The molecule has 0 aliphatic heterocycles. The Morgan fingerprint density at radius 2 is 2.39 bits per heavy atom. The lowest BCUT2D eigenvalue weighted by atomic mass is 10.2. The van der Waals surface area contributed by atoms with E-state index < -0.39 is 11.0 Å². The number of hydrazone groups is 1. The molecule has 1 aromatic carbocycles. The van der Waals surface area contributed by atoms with Crippen LogP contribution in [0.5, 0.6) is 5.75 Å². The third-order valence-electron chi connectivity index (χ3n) is 2.03. The van der Waals surface area contributed by atoms with E-state index >= 15 is 0 Å². The van der Waals surface area contributed by atoms with E-state index in [0.29, 0.717) is 21.6 Å². The van der Waals surface area contributed by atoms with Gasteiger partial charge in [0.05, 0.1) is 18.0 Å². The van der Waals surface area contributed by atoms with Crippen LogP contribution in [-0.4, -0.2) is 19.4 Å². The second-order valence-electron chi connectivity index (χ2n) is 3.24. The Balaban J connectivity index is 2.43. The largest absolute Gasteiger partial charge is 0.493 e. The SMILES string of the molecule is COc1cc(C=NNC(N)=O)cc2sc(=O)oc12. The fourth-order valence-electron chi connectivity index (χ4n) is 1.36. The van der Waals surface area contributed by atoms with Gasteiger partial charge < -0.3 is 14.9 Å². The van der Waals surface area contributed by atoms with Gasteiger partial charge in [0.1, 0.15) is 0 Å². The van der Waals surface area contributed by atoms with E-state index in [1.54, 1.807) is 12.1 Å². The number of nitrogens with two attached hydrogens (primary N) is 1. The summed E-state index contributed by atoms with van der Waals surface area (Å²) < 4.78 is 10.7. The standard InChI is InChI=1S/C10H9N3O4S/c1-16-6-2-5(4-12-13-9(11)14)3-7-8(6)17-10(15)18-7/h2-4H,1H3,(H3,11,13,14). The molecule has 0 aliphatic carbocycles. The second kappa shape index (κ2) is 4.88. The zero-order chi connectivity index (χ0) is 13.1. The minimum Gasteiger partial charge on any atom is -0.493 e. The van der Waals surface area contributed by atoms with Gasteiger partial charge in [-0.2, -0.15) is 5.10 Å². The summed E-state index contributed by atoms with van der Waals surface area (Å²) in [5, 5.41) is 3.62. The topological polar surface area (TPSA) is 107 Å². The number of carbonyl (C=O) groups excluding carboxylic acids is 1. The average Bonchev–Trinajstić information content (AvgIpc) is 2.67. The lowest BCUT2D eigenvalue weighted by molar-refractivity contribution is 0.249. The van der Waals surface area contributed by atoms with Gasteiger partial charge in [0.15, 0.2) is 11.3 Å². The van der Waals surface area contributed by atoms with Gasteiger partial charge in [-0.3, -0.25) is 0 Å². The fourth-order valence-corrected chi connectivity index (χ4v) is 2.10. The molecule has 18 heavy (non-hydrogen) atoms. The molecule has 0 saturated heterocycles. The molecule has 94 valence electrons. The van der Waals surface area contributed by atoms with Gasteiger partial charge in [-0.05, 0) is 17.7 Å². The van der Waals surface area contributed by atoms with E-state index in [9.17, 15) is 9.59 Å². The lowest BCUT2D eigenvalue weighted by Crippen LogP contribution is -2.24. The van der Waals surface area contributed by atoms with Crippen LogP contribution in [0.4, 0.5) is 4.79 Å². The third-order valence-corrected chi connectivity index (χ3v) is 2.80. The van der Waals surface area contributed by atoms with Crippen LogP contribution in [0.1, 0.15) is 5.56 Å². The molecule has 0 bridgehead atoms. The van der Waals surface area contributed by atoms with Crippen LogP contribution in [0, 0.1) is 0 Å². The summed E-state index contributed by atoms with van der Waals surface area (Å²) in [6.45, 7) is 0. The van der Waals surface area contributed by atoms with E-state index in [4.69, 9.17) is 14.9 Å². The number of fused-ring (bicyclic) bond motifs is 1. The number of hydrogen-bond acceptors (Lipinski definition) is 6. The molecule has 0 aliphatic rings. The van der Waals surface area contributed by atoms with Gasteiger partial charge in [-0.15, -0.1) is 0 Å². The van der Waals surface area contributed by atoms with Crippen LogP contribution in [0.15, 0.2) is 26.4 Å². The van der Waals surface area contributed by atoms with Gasteiger partial charge in [0.2, 0.25) is 0 Å². The number of methoxy groups -OCH3 is 1. The summed E-state index contributed by atoms with van der Waals surface area (Å²) >= 11 is 0.960. The molecule has 0 atom stereocenters. The molecular weight excluding hydrogens is 258 g/mol. The van der Waals surface area contributed by atoms with Crippen molar-refractivity contribution in [3.05, 3.63) is 27.4 Å². The predicted octanol–water partition coefficient (Wildman–Crippen LogP) is 0.865. The number of hydrogen-bond donors (Lipinski definition) is 2. The van der Waals surface area contributed by atoms with Crippen LogP contribution >= 0.6 is 11.3 Å². The fraction of sp³-hybridized carbons (Fsp3) is 0.100. The predicted molar refractivity (Wildman–Crippen MR) is 67.2 cm³/mol. The molecule has 0 radical (unpaired) electrons. The third kappa shape index (κ3) is 2.48. The Morgan fingerprint density at radius 3 is 3.06 bits per heavy atom. The maximum absolute atomic E-state index is 11.2. The van der Waals surface area contributed by atoms with Crippen molar-refractivity contribution < 1.29 is 13.9 Å². The molecular formula is C10H9N3O4S. The summed E-state index contributed by atoms with van der Waals surface area (Å²) in [6.07, 6.45) is 1.39. The summed E-state index contributed by atoms with van der Waals surface area (Å²) in [5.41, 5.74) is 7.97. The first-order chi connectivity index (χ1) is 8.60. The van der Waals surface area contributed by atoms with E-state index in [1.165, 1.54) is 13.3 Å². The van der Waals surface area contributed by atoms with Gasteiger partial charge >= 0.3 is 11.0 Å². The first-order valence-electron chi connectivity index (χ1n) is 4.80. The van der Waals surface area contributed by atoms with Crippen LogP contribution in [0.25, 0.3) is 10.3 Å². The molecule has 0 fully saturated rings. The van der Waals surface area contributed by atoms with Crippen molar-refractivity contribution in [3.63, 3.8) is 0 Å². The van der Waals surface area contributed by atoms with Crippen molar-refractivity contribution >= 4 is 33.9 Å². The zero-order valence-electron chi connectivity index (χ0n) is 9.30. The summed E-state index contributed by atoms with van der Waals surface area (Å²) in [7, 11) is 1.47. The van der Waals surface area contributed by atoms with E-state index in [-0.39, 0.29) is 0 Å². The Bertz CT molecular complexity index is 673. The highest BCUT2D eigenvalue weighted by atomic mass is 32.1. The van der Waals surface area contributed by atoms with E-state index in [2.05, 4.69) is 10.5 Å². The molecule has 2 rings (SSSR count). The molecule has 1 aromatic heterocycles. The van der Waals surface area contributed by atoms with Gasteiger partial charge in [-0.25, -0.2) is 15.0 Å². The van der Waals surface area contributed by atoms with Crippen LogP contribution in [0.3, 0.4) is 0 Å². The average molecular weight is 267 g/mol. The number of benzene rings is 1. The summed E-state index contributed by atoms with van der Waals surface area (Å²) in [5.74, 6) is 0.423. The molecule has 3 N–H and O–H groups in total. The number of rotatable bonds is 3. The minimum atomic E-state index is -0.757. The maximum atomic E-state index is 11.2.